The average molecular weight is 705 g/mol. The molecule has 0 N–H and O–H groups in total. The van der Waals surface area contributed by atoms with Gasteiger partial charge in [-0.25, -0.2) is 0 Å². The number of rotatable bonds is 12. The van der Waals surface area contributed by atoms with E-state index in [2.05, 4.69) is 127 Å². The van der Waals surface area contributed by atoms with Crippen LogP contribution in [0.5, 0.6) is 0 Å². The Morgan fingerprint density at radius 1 is 0.809 bits per heavy atom. The predicted octanol–water partition coefficient (Wildman–Crippen LogP) is 13.5. The van der Waals surface area contributed by atoms with Crippen LogP contribution >= 0.6 is 0 Å². The predicted molar refractivity (Wildman–Crippen MR) is 214 cm³/mol. The molecule has 0 aromatic heterocycles. The van der Waals surface area contributed by atoms with Crippen LogP contribution in [-0.4, -0.2) is 42.8 Å². The van der Waals surface area contributed by atoms with Crippen LogP contribution in [0.15, 0.2) is 23.3 Å². The van der Waals surface area contributed by atoms with Gasteiger partial charge in [0.2, 0.25) is 0 Å². The van der Waals surface area contributed by atoms with E-state index in [4.69, 9.17) is 13.3 Å². The van der Waals surface area contributed by atoms with Gasteiger partial charge in [0.05, 0.1) is 17.8 Å². The average Bonchev–Trinajstić information content (AvgIpc) is 3.21. The molecule has 0 unspecified atom stereocenters. The maximum atomic E-state index is 7.11. The van der Waals surface area contributed by atoms with Crippen molar-refractivity contribution in [1.82, 2.24) is 0 Å². The van der Waals surface area contributed by atoms with Crippen LogP contribution in [0.1, 0.15) is 140 Å². The van der Waals surface area contributed by atoms with Gasteiger partial charge in [0.1, 0.15) is 0 Å². The normalized spacial score (nSPS) is 31.0. The lowest BCUT2D eigenvalue weighted by Crippen LogP contribution is -2.48. The second-order valence-corrected chi connectivity index (χ2v) is 35.1. The molecule has 3 nitrogen and oxygen atoms in total. The van der Waals surface area contributed by atoms with Crippen molar-refractivity contribution in [2.24, 2.45) is 23.2 Å². The molecule has 3 saturated carbocycles. The third-order valence-electron chi connectivity index (χ3n) is 13.3. The smallest absolute Gasteiger partial charge is 0.192 e. The zero-order valence-electron chi connectivity index (χ0n) is 34.5. The van der Waals surface area contributed by atoms with Gasteiger partial charge in [0, 0.05) is 0 Å². The first-order valence-electron chi connectivity index (χ1n) is 19.6. The fraction of sp³-hybridized carbons (Fsp3) is 0.902. The van der Waals surface area contributed by atoms with Crippen LogP contribution in [0.4, 0.5) is 0 Å². The topological polar surface area (TPSA) is 27.7 Å². The summed E-state index contributed by atoms with van der Waals surface area (Å²) in [5.41, 5.74) is 3.73. The Hall–Kier alpha value is 0.0106. The molecule has 47 heavy (non-hydrogen) atoms. The van der Waals surface area contributed by atoms with E-state index in [0.717, 1.165) is 37.0 Å². The molecule has 3 rings (SSSR count). The summed E-state index contributed by atoms with van der Waals surface area (Å²) in [6, 6.07) is 0. The van der Waals surface area contributed by atoms with Crippen molar-refractivity contribution in [3.05, 3.63) is 23.3 Å². The molecular formula is C41H80O3Si3. The molecule has 0 radical (unpaired) electrons. The van der Waals surface area contributed by atoms with E-state index in [1.54, 1.807) is 11.1 Å². The van der Waals surface area contributed by atoms with Crippen molar-refractivity contribution in [3.63, 3.8) is 0 Å². The third-order valence-corrected chi connectivity index (χ3v) is 23.6. The van der Waals surface area contributed by atoms with Gasteiger partial charge in [-0.05, 0) is 151 Å². The molecule has 0 aromatic carbocycles. The minimum atomic E-state index is -1.87. The van der Waals surface area contributed by atoms with Gasteiger partial charge in [-0.3, -0.25) is 0 Å². The fourth-order valence-electron chi connectivity index (χ4n) is 9.00. The lowest BCUT2D eigenvalue weighted by molar-refractivity contribution is 0.0718. The summed E-state index contributed by atoms with van der Waals surface area (Å²) in [5, 5.41) is 0.430. The summed E-state index contributed by atoms with van der Waals surface area (Å²) in [6.07, 6.45) is 19.4. The van der Waals surface area contributed by atoms with E-state index in [1.807, 2.05) is 0 Å². The molecule has 6 heteroatoms. The Balaban J connectivity index is 1.77. The maximum absolute atomic E-state index is 7.11. The second kappa shape index (κ2) is 14.9. The lowest BCUT2D eigenvalue weighted by atomic mass is 9.60. The minimum absolute atomic E-state index is 0.00311. The van der Waals surface area contributed by atoms with Crippen LogP contribution < -0.4 is 0 Å². The van der Waals surface area contributed by atoms with Crippen molar-refractivity contribution in [2.45, 2.75) is 214 Å². The minimum Gasteiger partial charge on any atom is -0.414 e. The van der Waals surface area contributed by atoms with Crippen molar-refractivity contribution < 1.29 is 13.3 Å². The third kappa shape index (κ3) is 11.0. The van der Waals surface area contributed by atoms with Crippen LogP contribution in [0.3, 0.4) is 0 Å². The standard InChI is InChI=1S/C41H80O3Si3/c1-31(20-18-26-40(8,9)44-45(11,12)13)36-24-25-37-33(21-19-27-41(36,37)10)23-22-32-28-34(42-46(14,15)38(2,3)4)30-35(29-32)43-47(16,17)39(5,6)7/h22-23,31,34-37H,18-21,24-30H2,1-17H3/t31-,34-,35+,36-,37+,41-/m1/s1. The molecule has 0 aromatic rings. The highest BCUT2D eigenvalue weighted by molar-refractivity contribution is 6.74. The first-order valence-corrected chi connectivity index (χ1v) is 28.8. The van der Waals surface area contributed by atoms with Crippen molar-refractivity contribution in [3.8, 4) is 0 Å². The van der Waals surface area contributed by atoms with E-state index < -0.39 is 25.0 Å². The molecule has 0 saturated heterocycles. The molecule has 0 bridgehead atoms. The van der Waals surface area contributed by atoms with Gasteiger partial charge in [0.25, 0.3) is 0 Å². The van der Waals surface area contributed by atoms with Gasteiger partial charge >= 0.3 is 0 Å². The summed E-state index contributed by atoms with van der Waals surface area (Å²) in [4.78, 5) is 0. The van der Waals surface area contributed by atoms with Crippen molar-refractivity contribution in [1.29, 1.82) is 0 Å². The highest BCUT2D eigenvalue weighted by atomic mass is 28.4. The number of hydrogen-bond donors (Lipinski definition) is 0. The summed E-state index contributed by atoms with van der Waals surface area (Å²) in [6.45, 7) is 40.7. The first-order chi connectivity index (χ1) is 21.2. The number of allylic oxidation sites excluding steroid dienone is 3. The van der Waals surface area contributed by atoms with E-state index in [9.17, 15) is 0 Å². The zero-order chi connectivity index (χ0) is 35.9. The molecule has 0 heterocycles. The molecule has 274 valence electrons. The first kappa shape index (κ1) is 41.4. The van der Waals surface area contributed by atoms with E-state index in [-0.39, 0.29) is 27.9 Å². The molecule has 0 spiro atoms. The Kier molecular flexibility index (Phi) is 13.2. The summed E-state index contributed by atoms with van der Waals surface area (Å²) in [7, 11) is -5.27. The van der Waals surface area contributed by atoms with Gasteiger partial charge in [-0.1, -0.05) is 91.5 Å². The van der Waals surface area contributed by atoms with Gasteiger partial charge in [-0.15, -0.1) is 0 Å². The highest BCUT2D eigenvalue weighted by Gasteiger charge is 2.50. The summed E-state index contributed by atoms with van der Waals surface area (Å²) in [5.74, 6) is 2.36. The Morgan fingerprint density at radius 2 is 1.34 bits per heavy atom. The molecule has 6 atom stereocenters. The van der Waals surface area contributed by atoms with E-state index in [1.165, 1.54) is 51.4 Å². The van der Waals surface area contributed by atoms with Crippen LogP contribution in [0.25, 0.3) is 0 Å². The molecule has 3 fully saturated rings. The highest BCUT2D eigenvalue weighted by Crippen LogP contribution is 2.60. The Morgan fingerprint density at radius 3 is 1.83 bits per heavy atom. The molecule has 0 amide bonds. The van der Waals surface area contributed by atoms with Crippen LogP contribution in [0, 0.1) is 23.2 Å². The fourth-order valence-corrected chi connectivity index (χ4v) is 13.5. The van der Waals surface area contributed by atoms with Gasteiger partial charge in [-0.2, -0.15) is 0 Å². The van der Waals surface area contributed by atoms with Gasteiger partial charge < -0.3 is 13.3 Å². The monoisotopic (exact) mass is 705 g/mol. The van der Waals surface area contributed by atoms with Crippen LogP contribution in [-0.2, 0) is 13.3 Å². The summed E-state index contributed by atoms with van der Waals surface area (Å²) < 4.78 is 20.7. The van der Waals surface area contributed by atoms with E-state index in [0.29, 0.717) is 5.41 Å². The quantitative estimate of drug-likeness (QED) is 0.189. The molecular weight excluding hydrogens is 625 g/mol. The molecule has 3 aliphatic carbocycles. The van der Waals surface area contributed by atoms with Crippen LogP contribution in [0.2, 0.25) is 55.9 Å². The Labute approximate surface area is 297 Å². The molecule has 0 aliphatic heterocycles. The zero-order valence-corrected chi connectivity index (χ0v) is 37.5. The van der Waals surface area contributed by atoms with Gasteiger partial charge in [0.15, 0.2) is 25.0 Å². The SMILES string of the molecule is C[C@H](CCCC(C)(C)O[Si](C)(C)C)[C@H]1CC[C@H]2C(=CC=C3C[C@@H](O[Si](C)(C)C(C)(C)C)C[C@@H](O[Si](C)(C)C(C)(C)C)C3)CCC[C@]12C. The number of hydrogen-bond acceptors (Lipinski definition) is 3. The van der Waals surface area contributed by atoms with Crippen molar-refractivity contribution >= 4 is 25.0 Å². The molecule has 3 aliphatic rings. The number of fused-ring (bicyclic) bond motifs is 1. The maximum Gasteiger partial charge on any atom is 0.192 e. The largest absolute Gasteiger partial charge is 0.414 e. The van der Waals surface area contributed by atoms with Crippen molar-refractivity contribution in [2.75, 3.05) is 0 Å². The Bertz CT molecular complexity index is 1060. The van der Waals surface area contributed by atoms with E-state index >= 15 is 0 Å². The lowest BCUT2D eigenvalue weighted by Gasteiger charge is -2.45. The summed E-state index contributed by atoms with van der Waals surface area (Å²) >= 11 is 0. The second-order valence-electron chi connectivity index (χ2n) is 21.2.